The van der Waals surface area contributed by atoms with Crippen LogP contribution >= 0.6 is 0 Å². The van der Waals surface area contributed by atoms with Crippen LogP contribution in [0, 0.1) is 0 Å². The van der Waals surface area contributed by atoms with Crippen molar-refractivity contribution >= 4 is 17.0 Å². The summed E-state index contributed by atoms with van der Waals surface area (Å²) >= 11 is 0. The summed E-state index contributed by atoms with van der Waals surface area (Å²) in [6.45, 7) is 2.79. The molecule has 0 aliphatic carbocycles. The van der Waals surface area contributed by atoms with Crippen molar-refractivity contribution in [1.82, 2.24) is 14.8 Å². The molecule has 1 aromatic carbocycles. The Morgan fingerprint density at radius 3 is 3.00 bits per heavy atom. The van der Waals surface area contributed by atoms with Gasteiger partial charge in [-0.2, -0.15) is 0 Å². The first-order valence-corrected chi connectivity index (χ1v) is 7.91. The van der Waals surface area contributed by atoms with Crippen LogP contribution in [0.25, 0.3) is 11.1 Å². The molecule has 1 aliphatic rings. The van der Waals surface area contributed by atoms with E-state index in [2.05, 4.69) is 9.88 Å². The highest BCUT2D eigenvalue weighted by molar-refractivity contribution is 5.75. The topological polar surface area (TPSA) is 49.6 Å². The van der Waals surface area contributed by atoms with Gasteiger partial charge in [0.15, 0.2) is 11.5 Å². The number of likely N-dealkylation sites (tertiary alicyclic amines) is 1. The quantitative estimate of drug-likeness (QED) is 0.870. The SMILES string of the molecule is CN(C)C(=O)CCN1CCC[C@@H](c2nc3ccccc3o2)C1. The number of piperidine rings is 1. The number of oxazole rings is 1. The van der Waals surface area contributed by atoms with E-state index in [0.717, 1.165) is 49.5 Å². The fourth-order valence-corrected chi connectivity index (χ4v) is 3.00. The maximum Gasteiger partial charge on any atom is 0.223 e. The van der Waals surface area contributed by atoms with Gasteiger partial charge in [-0.25, -0.2) is 4.98 Å². The number of nitrogens with zero attached hydrogens (tertiary/aromatic N) is 3. The molecular weight excluding hydrogens is 278 g/mol. The Bertz CT molecular complexity index is 617. The minimum atomic E-state index is 0.184. The highest BCUT2D eigenvalue weighted by atomic mass is 16.3. The van der Waals surface area contributed by atoms with Crippen LogP contribution in [-0.4, -0.2) is 54.4 Å². The average molecular weight is 301 g/mol. The van der Waals surface area contributed by atoms with Gasteiger partial charge in [0.2, 0.25) is 5.91 Å². The van der Waals surface area contributed by atoms with Gasteiger partial charge in [-0.15, -0.1) is 0 Å². The number of fused-ring (bicyclic) bond motifs is 1. The zero-order chi connectivity index (χ0) is 15.5. The van der Waals surface area contributed by atoms with Crippen molar-refractivity contribution in [2.24, 2.45) is 0 Å². The zero-order valence-electron chi connectivity index (χ0n) is 13.3. The molecule has 1 atom stereocenters. The number of hydrogen-bond donors (Lipinski definition) is 0. The van der Waals surface area contributed by atoms with E-state index in [1.165, 1.54) is 0 Å². The van der Waals surface area contributed by atoms with Crippen LogP contribution in [0.5, 0.6) is 0 Å². The number of benzene rings is 1. The summed E-state index contributed by atoms with van der Waals surface area (Å²) in [5, 5.41) is 0. The van der Waals surface area contributed by atoms with Crippen LogP contribution in [0.15, 0.2) is 28.7 Å². The van der Waals surface area contributed by atoms with E-state index in [0.29, 0.717) is 12.3 Å². The van der Waals surface area contributed by atoms with Gasteiger partial charge in [0.1, 0.15) is 5.52 Å². The van der Waals surface area contributed by atoms with Gasteiger partial charge in [-0.1, -0.05) is 12.1 Å². The molecular formula is C17H23N3O2. The highest BCUT2D eigenvalue weighted by Gasteiger charge is 2.25. The molecule has 0 spiro atoms. The summed E-state index contributed by atoms with van der Waals surface area (Å²) in [5.41, 5.74) is 1.79. The van der Waals surface area contributed by atoms with Crippen molar-refractivity contribution < 1.29 is 9.21 Å². The highest BCUT2D eigenvalue weighted by Crippen LogP contribution is 2.28. The fraction of sp³-hybridized carbons (Fsp3) is 0.529. The van der Waals surface area contributed by atoms with Crippen molar-refractivity contribution in [2.45, 2.75) is 25.2 Å². The molecule has 22 heavy (non-hydrogen) atoms. The monoisotopic (exact) mass is 301 g/mol. The van der Waals surface area contributed by atoms with E-state index >= 15 is 0 Å². The zero-order valence-corrected chi connectivity index (χ0v) is 13.3. The van der Waals surface area contributed by atoms with Crippen molar-refractivity contribution in [3.8, 4) is 0 Å². The molecule has 5 heteroatoms. The third kappa shape index (κ3) is 3.30. The molecule has 0 radical (unpaired) electrons. The van der Waals surface area contributed by atoms with Crippen molar-refractivity contribution in [3.05, 3.63) is 30.2 Å². The second-order valence-electron chi connectivity index (χ2n) is 6.20. The van der Waals surface area contributed by atoms with Gasteiger partial charge in [0, 0.05) is 39.5 Å². The summed E-state index contributed by atoms with van der Waals surface area (Å²) in [7, 11) is 3.61. The number of carbonyl (C=O) groups is 1. The van der Waals surface area contributed by atoms with E-state index < -0.39 is 0 Å². The fourth-order valence-electron chi connectivity index (χ4n) is 3.00. The second kappa shape index (κ2) is 6.48. The third-order valence-corrected chi connectivity index (χ3v) is 4.31. The summed E-state index contributed by atoms with van der Waals surface area (Å²) in [6, 6.07) is 7.90. The van der Waals surface area contributed by atoms with Gasteiger partial charge in [0.05, 0.1) is 0 Å². The van der Waals surface area contributed by atoms with E-state index in [1.807, 2.05) is 24.3 Å². The van der Waals surface area contributed by atoms with Crippen LogP contribution in [-0.2, 0) is 4.79 Å². The van der Waals surface area contributed by atoms with Crippen molar-refractivity contribution in [3.63, 3.8) is 0 Å². The predicted molar refractivity (Wildman–Crippen MR) is 85.7 cm³/mol. The summed E-state index contributed by atoms with van der Waals surface area (Å²) < 4.78 is 5.91. The van der Waals surface area contributed by atoms with Gasteiger partial charge < -0.3 is 14.2 Å². The molecule has 1 fully saturated rings. The van der Waals surface area contributed by atoms with Crippen molar-refractivity contribution in [2.75, 3.05) is 33.7 Å². The summed E-state index contributed by atoms with van der Waals surface area (Å²) in [5.74, 6) is 1.35. The molecule has 2 heterocycles. The predicted octanol–water partition coefficient (Wildman–Crippen LogP) is 2.49. The smallest absolute Gasteiger partial charge is 0.223 e. The van der Waals surface area contributed by atoms with E-state index in [1.54, 1.807) is 19.0 Å². The first-order chi connectivity index (χ1) is 10.6. The Labute approximate surface area is 130 Å². The molecule has 3 rings (SSSR count). The number of carbonyl (C=O) groups excluding carboxylic acids is 1. The average Bonchev–Trinajstić information content (AvgIpc) is 2.97. The van der Waals surface area contributed by atoms with Crippen LogP contribution in [0.3, 0.4) is 0 Å². The van der Waals surface area contributed by atoms with Gasteiger partial charge >= 0.3 is 0 Å². The lowest BCUT2D eigenvalue weighted by molar-refractivity contribution is -0.129. The van der Waals surface area contributed by atoms with Crippen LogP contribution in [0.2, 0.25) is 0 Å². The molecule has 1 aliphatic heterocycles. The standard InChI is InChI=1S/C17H23N3O2/c1-19(2)16(21)9-11-20-10-5-6-13(12-20)17-18-14-7-3-4-8-15(14)22-17/h3-4,7-8,13H,5-6,9-12H2,1-2H3/t13-/m1/s1. The van der Waals surface area contributed by atoms with E-state index in [4.69, 9.17) is 4.42 Å². The van der Waals surface area contributed by atoms with E-state index in [-0.39, 0.29) is 5.91 Å². The molecule has 0 bridgehead atoms. The number of aromatic nitrogens is 1. The maximum atomic E-state index is 11.7. The van der Waals surface area contributed by atoms with Gasteiger partial charge in [0.25, 0.3) is 0 Å². The van der Waals surface area contributed by atoms with Crippen LogP contribution < -0.4 is 0 Å². The van der Waals surface area contributed by atoms with Gasteiger partial charge in [-0.3, -0.25) is 4.79 Å². The second-order valence-corrected chi connectivity index (χ2v) is 6.20. The molecule has 2 aromatic rings. The Morgan fingerprint density at radius 1 is 1.41 bits per heavy atom. The largest absolute Gasteiger partial charge is 0.440 e. The Kier molecular flexibility index (Phi) is 4.43. The molecule has 5 nitrogen and oxygen atoms in total. The van der Waals surface area contributed by atoms with Crippen LogP contribution in [0.4, 0.5) is 0 Å². The first-order valence-electron chi connectivity index (χ1n) is 7.91. The van der Waals surface area contributed by atoms with E-state index in [9.17, 15) is 4.79 Å². The molecule has 0 saturated carbocycles. The Morgan fingerprint density at radius 2 is 2.23 bits per heavy atom. The lowest BCUT2D eigenvalue weighted by atomic mass is 9.98. The molecule has 1 aromatic heterocycles. The molecule has 1 amide bonds. The summed E-state index contributed by atoms with van der Waals surface area (Å²) in [6.07, 6.45) is 2.80. The van der Waals surface area contributed by atoms with Crippen molar-refractivity contribution in [1.29, 1.82) is 0 Å². The number of hydrogen-bond acceptors (Lipinski definition) is 4. The minimum absolute atomic E-state index is 0.184. The summed E-state index contributed by atoms with van der Waals surface area (Å²) in [4.78, 5) is 20.4. The minimum Gasteiger partial charge on any atom is -0.440 e. The van der Waals surface area contributed by atoms with Gasteiger partial charge in [-0.05, 0) is 31.5 Å². The number of amides is 1. The molecule has 0 unspecified atom stereocenters. The normalized spacial score (nSPS) is 19.5. The Balaban J connectivity index is 1.64. The molecule has 118 valence electrons. The maximum absolute atomic E-state index is 11.7. The number of para-hydroxylation sites is 2. The third-order valence-electron chi connectivity index (χ3n) is 4.31. The first kappa shape index (κ1) is 15.0. The number of rotatable bonds is 4. The molecule has 0 N–H and O–H groups in total. The lowest BCUT2D eigenvalue weighted by Gasteiger charge is -2.31. The van der Waals surface area contributed by atoms with Crippen LogP contribution in [0.1, 0.15) is 31.1 Å². The molecule has 1 saturated heterocycles. The lowest BCUT2D eigenvalue weighted by Crippen LogP contribution is -2.37. The Hall–Kier alpha value is -1.88.